The van der Waals surface area contributed by atoms with Crippen LogP contribution in [0.3, 0.4) is 0 Å². The molecule has 11 heteroatoms. The first-order valence-corrected chi connectivity index (χ1v) is 21.2. The van der Waals surface area contributed by atoms with Crippen molar-refractivity contribution in [2.75, 3.05) is 18.0 Å². The van der Waals surface area contributed by atoms with Crippen molar-refractivity contribution in [3.05, 3.63) is 144 Å². The number of carbonyl (C=O) groups is 1. The average molecular weight is 813 g/mol. The van der Waals surface area contributed by atoms with Gasteiger partial charge in [-0.15, -0.1) is 0 Å². The summed E-state index contributed by atoms with van der Waals surface area (Å²) >= 11 is -9.19. The van der Waals surface area contributed by atoms with E-state index in [0.29, 0.717) is 17.9 Å². The van der Waals surface area contributed by atoms with E-state index in [-0.39, 0.29) is 16.1 Å². The zero-order chi connectivity index (χ0) is 35.5. The second-order valence-electron chi connectivity index (χ2n) is 12.9. The number of anilines is 1. The first-order chi connectivity index (χ1) is 23.7. The van der Waals surface area contributed by atoms with Gasteiger partial charge in [0.1, 0.15) is 5.75 Å². The molecular formula is C40H37F6N2O2Sb. The molecule has 0 atom stereocenters. The SMILES string of the molecule is CC1(C)C(/C=C/c2ccc(N3CCCC3)cc2)=[N+](Cc2ccc(C(=O)Oc3cccc4ccccc34)cc2)c2ccccc21.[F-].[F][Sb]([F])([F])([F])[F]. The summed E-state index contributed by atoms with van der Waals surface area (Å²) in [7, 11) is 0. The molecule has 1 fully saturated rings. The second kappa shape index (κ2) is 15.0. The Bertz CT molecular complexity index is 2060. The Kier molecular flexibility index (Phi) is 11.1. The molecule has 0 aliphatic carbocycles. The van der Waals surface area contributed by atoms with Gasteiger partial charge in [-0.2, -0.15) is 4.58 Å². The van der Waals surface area contributed by atoms with E-state index in [0.717, 1.165) is 29.4 Å². The summed E-state index contributed by atoms with van der Waals surface area (Å²) in [5, 5.41) is 1.97. The topological polar surface area (TPSA) is 32.5 Å². The standard InChI is InChI=1S/C40H37N2O2.6FH.Sb/c1-40(2)35-13-5-6-14-36(35)42(38(40)25-20-29-18-23-33(24-19-29)41-26-7-8-27-41)28-30-16-21-32(22-17-30)39(43)44-37-15-9-11-31-10-3-4-12-34(31)37;;;;;;;/h3-6,9-25H,7-8,26-28H2,1-2H3;6*1H;/q+1;;;;;;;+5/p-6. The van der Waals surface area contributed by atoms with E-state index in [2.05, 4.69) is 84.0 Å². The van der Waals surface area contributed by atoms with Crippen molar-refractivity contribution in [1.29, 1.82) is 0 Å². The molecule has 0 spiro atoms. The number of nitrogens with zero attached hydrogens (tertiary/aromatic N) is 2. The number of fused-ring (bicyclic) bond motifs is 2. The Morgan fingerprint density at radius 1 is 0.784 bits per heavy atom. The summed E-state index contributed by atoms with van der Waals surface area (Å²) in [5.74, 6) is 0.219. The van der Waals surface area contributed by atoms with E-state index in [4.69, 9.17) is 4.74 Å². The number of benzene rings is 5. The molecule has 5 aromatic carbocycles. The Hall–Kier alpha value is -4.56. The molecule has 0 radical (unpaired) electrons. The first-order valence-electron chi connectivity index (χ1n) is 16.4. The maximum absolute atomic E-state index is 13.1. The van der Waals surface area contributed by atoms with E-state index >= 15 is 0 Å². The monoisotopic (exact) mass is 812 g/mol. The van der Waals surface area contributed by atoms with Crippen LogP contribution in [0.2, 0.25) is 0 Å². The molecule has 0 saturated carbocycles. The van der Waals surface area contributed by atoms with Crippen LogP contribution in [-0.2, 0) is 12.0 Å². The third-order valence-corrected chi connectivity index (χ3v) is 9.08. The van der Waals surface area contributed by atoms with E-state index in [1.54, 1.807) is 0 Å². The summed E-state index contributed by atoms with van der Waals surface area (Å²) < 4.78 is 57.8. The number of hydrogen-bond donors (Lipinski definition) is 0. The van der Waals surface area contributed by atoms with E-state index in [1.165, 1.54) is 41.1 Å². The minimum absolute atomic E-state index is 0. The summed E-state index contributed by atoms with van der Waals surface area (Å²) in [6.07, 6.45) is 7.07. The van der Waals surface area contributed by atoms with E-state index < -0.39 is 20.3 Å². The summed E-state index contributed by atoms with van der Waals surface area (Å²) in [5.41, 5.74) is 7.81. The van der Waals surface area contributed by atoms with Gasteiger partial charge in [-0.3, -0.25) is 0 Å². The van der Waals surface area contributed by atoms with Gasteiger partial charge in [-0.05, 0) is 74.0 Å². The Labute approximate surface area is 297 Å². The van der Waals surface area contributed by atoms with Crippen LogP contribution in [0, 0.1) is 0 Å². The van der Waals surface area contributed by atoms with Crippen LogP contribution in [0.5, 0.6) is 5.75 Å². The van der Waals surface area contributed by atoms with Gasteiger partial charge < -0.3 is 14.3 Å². The van der Waals surface area contributed by atoms with Crippen molar-refractivity contribution in [3.8, 4) is 5.75 Å². The Morgan fingerprint density at radius 3 is 2.08 bits per heavy atom. The summed E-state index contributed by atoms with van der Waals surface area (Å²) in [6.45, 7) is 7.61. The van der Waals surface area contributed by atoms with Crippen LogP contribution in [0.4, 0.5) is 25.4 Å². The number of esters is 1. The van der Waals surface area contributed by atoms with Crippen molar-refractivity contribution in [3.63, 3.8) is 0 Å². The van der Waals surface area contributed by atoms with Crippen molar-refractivity contribution < 1.29 is 32.9 Å². The number of rotatable bonds is 7. The predicted molar refractivity (Wildman–Crippen MR) is 192 cm³/mol. The number of halogens is 6. The number of carbonyl (C=O) groups excluding carboxylic acids is 1. The molecule has 51 heavy (non-hydrogen) atoms. The maximum atomic E-state index is 13.1. The molecule has 0 N–H and O–H groups in total. The third-order valence-electron chi connectivity index (χ3n) is 9.08. The van der Waals surface area contributed by atoms with Gasteiger partial charge in [0.25, 0.3) is 0 Å². The fourth-order valence-electron chi connectivity index (χ4n) is 6.63. The molecular weight excluding hydrogens is 776 g/mol. The average Bonchev–Trinajstić information content (AvgIpc) is 3.69. The van der Waals surface area contributed by atoms with Crippen LogP contribution >= 0.6 is 0 Å². The van der Waals surface area contributed by atoms with Crippen molar-refractivity contribution in [2.45, 2.75) is 38.6 Å². The molecule has 0 bridgehead atoms. The fourth-order valence-corrected chi connectivity index (χ4v) is 6.63. The molecule has 0 aromatic heterocycles. The van der Waals surface area contributed by atoms with Gasteiger partial charge >= 0.3 is 40.3 Å². The molecule has 5 aromatic rings. The third kappa shape index (κ3) is 9.41. The van der Waals surface area contributed by atoms with E-state index in [9.17, 15) is 18.9 Å². The summed E-state index contributed by atoms with van der Waals surface area (Å²) in [6, 6.07) is 39.1. The van der Waals surface area contributed by atoms with Crippen LogP contribution in [0.25, 0.3) is 16.8 Å². The van der Waals surface area contributed by atoms with Gasteiger partial charge in [0.2, 0.25) is 5.69 Å². The number of hydrogen-bond acceptors (Lipinski definition) is 3. The van der Waals surface area contributed by atoms with Crippen molar-refractivity contribution in [1.82, 2.24) is 0 Å². The first kappa shape index (κ1) is 37.7. The minimum atomic E-state index is -9.19. The van der Waals surface area contributed by atoms with Crippen LogP contribution in [0.15, 0.2) is 121 Å². The van der Waals surface area contributed by atoms with E-state index in [1.807, 2.05) is 66.7 Å². The summed E-state index contributed by atoms with van der Waals surface area (Å²) in [4.78, 5) is 15.5. The molecule has 2 heterocycles. The zero-order valence-corrected chi connectivity index (χ0v) is 30.6. The Balaban J connectivity index is 0.000000665. The molecule has 0 unspecified atom stereocenters. The molecule has 4 nitrogen and oxygen atoms in total. The van der Waals surface area contributed by atoms with Gasteiger partial charge in [-0.1, -0.05) is 78.9 Å². The van der Waals surface area contributed by atoms with Crippen LogP contribution in [-0.4, -0.2) is 49.6 Å². The van der Waals surface area contributed by atoms with Crippen molar-refractivity contribution >= 4 is 60.2 Å². The predicted octanol–water partition coefficient (Wildman–Crippen LogP) is 7.67. The van der Waals surface area contributed by atoms with Crippen molar-refractivity contribution in [2.24, 2.45) is 0 Å². The van der Waals surface area contributed by atoms with Crippen LogP contribution in [0.1, 0.15) is 53.7 Å². The number of para-hydroxylation sites is 1. The van der Waals surface area contributed by atoms with Crippen LogP contribution < -0.4 is 14.3 Å². The van der Waals surface area contributed by atoms with Gasteiger partial charge in [-0.25, -0.2) is 4.79 Å². The Morgan fingerprint density at radius 2 is 1.39 bits per heavy atom. The van der Waals surface area contributed by atoms with Gasteiger partial charge in [0.05, 0.1) is 11.0 Å². The van der Waals surface area contributed by atoms with Gasteiger partial charge in [0, 0.05) is 47.4 Å². The molecule has 1 saturated heterocycles. The molecule has 7 rings (SSSR count). The normalized spacial score (nSPS) is 15.8. The fraction of sp³-hybridized carbons (Fsp3) is 0.200. The quantitative estimate of drug-likeness (QED) is 0.0557. The zero-order valence-electron chi connectivity index (χ0n) is 28.1. The second-order valence-corrected chi connectivity index (χ2v) is 16.6. The number of allylic oxidation sites excluding steroid dienone is 1. The molecule has 266 valence electrons. The number of ether oxygens (including phenoxy) is 1. The van der Waals surface area contributed by atoms with Gasteiger partial charge in [0.15, 0.2) is 12.3 Å². The molecule has 0 amide bonds. The molecule has 2 aliphatic rings. The molecule has 2 aliphatic heterocycles.